The average Bonchev–Trinajstić information content (AvgIpc) is 2.94. The molecular formula is C18H18ClN3O2. The molecular weight excluding hydrogens is 326 g/mol. The Bertz CT molecular complexity index is 734. The van der Waals surface area contributed by atoms with Crippen LogP contribution in [0.25, 0.3) is 0 Å². The van der Waals surface area contributed by atoms with Crippen molar-refractivity contribution >= 4 is 29.1 Å². The number of primary amides is 1. The molecule has 1 aliphatic heterocycles. The summed E-state index contributed by atoms with van der Waals surface area (Å²) < 4.78 is 0. The molecule has 1 fully saturated rings. The SMILES string of the molecule is NC(=O)[C@H](N[C@@H]1CCN(c2ccc(Cl)cc2)C1=O)c1ccccc1. The van der Waals surface area contributed by atoms with Crippen molar-refractivity contribution < 1.29 is 9.59 Å². The Morgan fingerprint density at radius 1 is 1.17 bits per heavy atom. The first-order valence-corrected chi connectivity index (χ1v) is 8.11. The average molecular weight is 344 g/mol. The maximum absolute atomic E-state index is 12.7. The van der Waals surface area contributed by atoms with Crippen molar-refractivity contribution in [2.45, 2.75) is 18.5 Å². The first-order chi connectivity index (χ1) is 11.6. The van der Waals surface area contributed by atoms with E-state index in [9.17, 15) is 9.59 Å². The van der Waals surface area contributed by atoms with Gasteiger partial charge in [-0.25, -0.2) is 0 Å². The van der Waals surface area contributed by atoms with Gasteiger partial charge in [-0.2, -0.15) is 0 Å². The second-order valence-corrected chi connectivity index (χ2v) is 6.16. The molecule has 3 rings (SSSR count). The lowest BCUT2D eigenvalue weighted by Crippen LogP contribution is -2.44. The van der Waals surface area contributed by atoms with Crippen LogP contribution in [0.4, 0.5) is 5.69 Å². The Kier molecular flexibility index (Phi) is 4.83. The lowest BCUT2D eigenvalue weighted by atomic mass is 10.0. The van der Waals surface area contributed by atoms with Gasteiger partial charge in [0.2, 0.25) is 11.8 Å². The number of hydrogen-bond donors (Lipinski definition) is 2. The molecule has 0 aromatic heterocycles. The van der Waals surface area contributed by atoms with Crippen LogP contribution in [-0.2, 0) is 9.59 Å². The van der Waals surface area contributed by atoms with Crippen LogP contribution in [0.2, 0.25) is 5.02 Å². The van der Waals surface area contributed by atoms with Gasteiger partial charge in [-0.1, -0.05) is 41.9 Å². The molecule has 0 bridgehead atoms. The summed E-state index contributed by atoms with van der Waals surface area (Å²) in [5.74, 6) is -0.571. The first-order valence-electron chi connectivity index (χ1n) is 7.73. The summed E-state index contributed by atoms with van der Waals surface area (Å²) in [6.45, 7) is 0.582. The molecule has 0 saturated carbocycles. The highest BCUT2D eigenvalue weighted by molar-refractivity contribution is 6.30. The third-order valence-electron chi connectivity index (χ3n) is 4.13. The number of hydrogen-bond acceptors (Lipinski definition) is 3. The van der Waals surface area contributed by atoms with E-state index in [0.29, 0.717) is 18.0 Å². The zero-order valence-corrected chi connectivity index (χ0v) is 13.7. The van der Waals surface area contributed by atoms with Crippen molar-refractivity contribution in [2.75, 3.05) is 11.4 Å². The van der Waals surface area contributed by atoms with Gasteiger partial charge in [0, 0.05) is 17.3 Å². The summed E-state index contributed by atoms with van der Waals surface area (Å²) in [6, 6.07) is 15.2. The molecule has 0 aliphatic carbocycles. The number of nitrogens with two attached hydrogens (primary N) is 1. The van der Waals surface area contributed by atoms with E-state index < -0.39 is 18.0 Å². The van der Waals surface area contributed by atoms with E-state index in [1.807, 2.05) is 42.5 Å². The number of carbonyl (C=O) groups excluding carboxylic acids is 2. The van der Waals surface area contributed by atoms with Crippen molar-refractivity contribution in [1.82, 2.24) is 5.32 Å². The van der Waals surface area contributed by atoms with Crippen LogP contribution in [0, 0.1) is 0 Å². The molecule has 3 N–H and O–H groups in total. The Balaban J connectivity index is 1.75. The molecule has 0 unspecified atom stereocenters. The van der Waals surface area contributed by atoms with Gasteiger partial charge in [0.1, 0.15) is 6.04 Å². The fraction of sp³-hybridized carbons (Fsp3) is 0.222. The van der Waals surface area contributed by atoms with E-state index in [1.165, 1.54) is 0 Å². The minimum atomic E-state index is -0.690. The van der Waals surface area contributed by atoms with E-state index in [-0.39, 0.29) is 5.91 Å². The number of nitrogens with one attached hydrogen (secondary N) is 1. The predicted molar refractivity (Wildman–Crippen MR) is 93.7 cm³/mol. The van der Waals surface area contributed by atoms with Gasteiger partial charge >= 0.3 is 0 Å². The van der Waals surface area contributed by atoms with E-state index >= 15 is 0 Å². The Morgan fingerprint density at radius 2 is 1.83 bits per heavy atom. The topological polar surface area (TPSA) is 75.4 Å². The lowest BCUT2D eigenvalue weighted by molar-refractivity contribution is -0.121. The van der Waals surface area contributed by atoms with Crippen LogP contribution in [0.1, 0.15) is 18.0 Å². The highest BCUT2D eigenvalue weighted by atomic mass is 35.5. The van der Waals surface area contributed by atoms with Crippen molar-refractivity contribution in [2.24, 2.45) is 5.73 Å². The zero-order chi connectivity index (χ0) is 17.1. The third-order valence-corrected chi connectivity index (χ3v) is 4.38. The molecule has 0 radical (unpaired) electrons. The van der Waals surface area contributed by atoms with Crippen LogP contribution in [0.3, 0.4) is 0 Å². The number of halogens is 1. The molecule has 1 aliphatic rings. The molecule has 1 saturated heterocycles. The van der Waals surface area contributed by atoms with Gasteiger partial charge in [-0.15, -0.1) is 0 Å². The minimum Gasteiger partial charge on any atom is -0.368 e. The third kappa shape index (κ3) is 3.42. The van der Waals surface area contributed by atoms with Crippen molar-refractivity contribution in [3.05, 3.63) is 65.2 Å². The molecule has 5 nitrogen and oxygen atoms in total. The van der Waals surface area contributed by atoms with E-state index in [0.717, 1.165) is 11.3 Å². The number of anilines is 1. The van der Waals surface area contributed by atoms with E-state index in [1.54, 1.807) is 17.0 Å². The second-order valence-electron chi connectivity index (χ2n) is 5.72. The summed E-state index contributed by atoms with van der Waals surface area (Å²) >= 11 is 5.89. The normalized spacial score (nSPS) is 18.6. The highest BCUT2D eigenvalue weighted by Crippen LogP contribution is 2.25. The van der Waals surface area contributed by atoms with E-state index in [2.05, 4.69) is 5.32 Å². The summed E-state index contributed by atoms with van der Waals surface area (Å²) in [5.41, 5.74) is 7.06. The smallest absolute Gasteiger partial charge is 0.244 e. The first kappa shape index (κ1) is 16.5. The molecule has 24 heavy (non-hydrogen) atoms. The molecule has 2 atom stereocenters. The maximum atomic E-state index is 12.7. The number of carbonyl (C=O) groups is 2. The van der Waals surface area contributed by atoms with Gasteiger partial charge in [0.15, 0.2) is 0 Å². The van der Waals surface area contributed by atoms with Crippen molar-refractivity contribution in [3.63, 3.8) is 0 Å². The maximum Gasteiger partial charge on any atom is 0.244 e. The summed E-state index contributed by atoms with van der Waals surface area (Å²) in [7, 11) is 0. The second kappa shape index (κ2) is 7.03. The van der Waals surface area contributed by atoms with E-state index in [4.69, 9.17) is 17.3 Å². The number of amides is 2. The molecule has 1 heterocycles. The Hall–Kier alpha value is -2.37. The molecule has 124 valence electrons. The zero-order valence-electron chi connectivity index (χ0n) is 13.0. The van der Waals surface area contributed by atoms with Crippen molar-refractivity contribution in [3.8, 4) is 0 Å². The summed E-state index contributed by atoms with van der Waals surface area (Å²) in [4.78, 5) is 26.2. The van der Waals surface area contributed by atoms with Gasteiger partial charge < -0.3 is 10.6 Å². The summed E-state index contributed by atoms with van der Waals surface area (Å²) in [5, 5.41) is 3.72. The van der Waals surface area contributed by atoms with Gasteiger partial charge in [-0.05, 0) is 36.2 Å². The van der Waals surface area contributed by atoms with Gasteiger partial charge in [0.25, 0.3) is 0 Å². The van der Waals surface area contributed by atoms with Gasteiger partial charge in [0.05, 0.1) is 6.04 Å². The quantitative estimate of drug-likeness (QED) is 0.874. The lowest BCUT2D eigenvalue weighted by Gasteiger charge is -2.21. The Morgan fingerprint density at radius 3 is 2.46 bits per heavy atom. The van der Waals surface area contributed by atoms with Crippen LogP contribution >= 0.6 is 11.6 Å². The Labute approximate surface area is 145 Å². The fourth-order valence-corrected chi connectivity index (χ4v) is 3.03. The number of nitrogens with zero attached hydrogens (tertiary/aromatic N) is 1. The molecule has 2 aromatic rings. The summed E-state index contributed by atoms with van der Waals surface area (Å²) in [6.07, 6.45) is 0.609. The van der Waals surface area contributed by atoms with Crippen molar-refractivity contribution in [1.29, 1.82) is 0 Å². The molecule has 6 heteroatoms. The highest BCUT2D eigenvalue weighted by Gasteiger charge is 2.35. The largest absolute Gasteiger partial charge is 0.368 e. The molecule has 0 spiro atoms. The van der Waals surface area contributed by atoms with Gasteiger partial charge in [-0.3, -0.25) is 14.9 Å². The van der Waals surface area contributed by atoms with Crippen LogP contribution in [-0.4, -0.2) is 24.4 Å². The number of benzene rings is 2. The minimum absolute atomic E-state index is 0.0699. The van der Waals surface area contributed by atoms with Crippen LogP contribution in [0.15, 0.2) is 54.6 Å². The van der Waals surface area contributed by atoms with Crippen LogP contribution in [0.5, 0.6) is 0 Å². The standard InChI is InChI=1S/C18H18ClN3O2/c19-13-6-8-14(9-7-13)22-11-10-15(18(22)24)21-16(17(20)23)12-4-2-1-3-5-12/h1-9,15-16,21H,10-11H2,(H2,20,23)/t15-,16-/m1/s1. The monoisotopic (exact) mass is 343 g/mol. The molecule has 2 aromatic carbocycles. The molecule has 2 amide bonds. The number of rotatable bonds is 5. The fourth-order valence-electron chi connectivity index (χ4n) is 2.90. The predicted octanol–water partition coefficient (Wildman–Crippen LogP) is 2.26. The van der Waals surface area contributed by atoms with Crippen LogP contribution < -0.4 is 16.0 Å².